The highest BCUT2D eigenvalue weighted by molar-refractivity contribution is 5.98. The van der Waals surface area contributed by atoms with Crippen LogP contribution in [0.4, 0.5) is 0 Å². The van der Waals surface area contributed by atoms with E-state index in [1.807, 2.05) is 54.6 Å². The van der Waals surface area contributed by atoms with Gasteiger partial charge in [0.2, 0.25) is 5.91 Å². The van der Waals surface area contributed by atoms with Gasteiger partial charge in [-0.15, -0.1) is 0 Å². The zero-order valence-electron chi connectivity index (χ0n) is 12.3. The van der Waals surface area contributed by atoms with Crippen LogP contribution in [0.2, 0.25) is 0 Å². The Morgan fingerprint density at radius 1 is 1.05 bits per heavy atom. The minimum absolute atomic E-state index is 0.0586. The summed E-state index contributed by atoms with van der Waals surface area (Å²) in [5, 5.41) is 2.86. The molecule has 4 nitrogen and oxygen atoms in total. The molecule has 1 heterocycles. The Labute approximate surface area is 129 Å². The summed E-state index contributed by atoms with van der Waals surface area (Å²) in [6, 6.07) is 17.3. The van der Waals surface area contributed by atoms with Crippen molar-refractivity contribution in [1.29, 1.82) is 0 Å². The van der Waals surface area contributed by atoms with Gasteiger partial charge in [0.05, 0.1) is 6.54 Å². The second-order valence-electron chi connectivity index (χ2n) is 5.40. The predicted octanol–water partition coefficient (Wildman–Crippen LogP) is 2.00. The lowest BCUT2D eigenvalue weighted by molar-refractivity contribution is -0.122. The molecule has 0 unspecified atom stereocenters. The average molecular weight is 294 g/mol. The maximum atomic E-state index is 12.4. The number of carbonyl (C=O) groups is 2. The highest BCUT2D eigenvalue weighted by Crippen LogP contribution is 2.18. The van der Waals surface area contributed by atoms with Crippen molar-refractivity contribution in [2.24, 2.45) is 0 Å². The quantitative estimate of drug-likeness (QED) is 0.937. The Hall–Kier alpha value is -2.62. The summed E-state index contributed by atoms with van der Waals surface area (Å²) in [7, 11) is 0. The number of nitrogens with one attached hydrogen (secondary N) is 1. The molecule has 0 atom stereocenters. The van der Waals surface area contributed by atoms with Crippen LogP contribution in [0.25, 0.3) is 0 Å². The van der Waals surface area contributed by atoms with Crippen LogP contribution >= 0.6 is 0 Å². The number of nitrogens with zero attached hydrogens (tertiary/aromatic N) is 1. The van der Waals surface area contributed by atoms with E-state index in [1.165, 1.54) is 0 Å². The molecule has 2 aromatic carbocycles. The van der Waals surface area contributed by atoms with Crippen LogP contribution in [-0.2, 0) is 17.8 Å². The molecule has 0 aromatic heterocycles. The van der Waals surface area contributed by atoms with Gasteiger partial charge in [0.1, 0.15) is 0 Å². The second kappa shape index (κ2) is 6.43. The van der Waals surface area contributed by atoms with E-state index >= 15 is 0 Å². The van der Waals surface area contributed by atoms with Crippen LogP contribution in [0, 0.1) is 0 Å². The van der Waals surface area contributed by atoms with Crippen molar-refractivity contribution in [3.05, 3.63) is 71.3 Å². The molecular formula is C18H18N2O2. The first kappa shape index (κ1) is 14.3. The summed E-state index contributed by atoms with van der Waals surface area (Å²) in [5.74, 6) is -0.187. The van der Waals surface area contributed by atoms with Gasteiger partial charge in [-0.3, -0.25) is 9.59 Å². The summed E-state index contributed by atoms with van der Waals surface area (Å²) >= 11 is 0. The van der Waals surface area contributed by atoms with Crippen molar-refractivity contribution in [3.8, 4) is 0 Å². The van der Waals surface area contributed by atoms with Crippen LogP contribution in [0.1, 0.15) is 21.5 Å². The van der Waals surface area contributed by atoms with E-state index in [9.17, 15) is 9.59 Å². The number of hydrogen-bond donors (Lipinski definition) is 1. The van der Waals surface area contributed by atoms with Gasteiger partial charge in [-0.1, -0.05) is 48.5 Å². The van der Waals surface area contributed by atoms with E-state index in [2.05, 4.69) is 5.32 Å². The van der Waals surface area contributed by atoms with E-state index < -0.39 is 0 Å². The van der Waals surface area contributed by atoms with E-state index in [1.54, 1.807) is 4.90 Å². The van der Waals surface area contributed by atoms with E-state index in [-0.39, 0.29) is 18.4 Å². The summed E-state index contributed by atoms with van der Waals surface area (Å²) < 4.78 is 0. The molecule has 22 heavy (non-hydrogen) atoms. The van der Waals surface area contributed by atoms with E-state index in [0.717, 1.165) is 17.5 Å². The third-order valence-corrected chi connectivity index (χ3v) is 3.85. The van der Waals surface area contributed by atoms with Crippen LogP contribution in [-0.4, -0.2) is 29.8 Å². The van der Waals surface area contributed by atoms with Gasteiger partial charge in [0, 0.05) is 18.7 Å². The monoisotopic (exact) mass is 294 g/mol. The molecule has 2 amide bonds. The minimum atomic E-state index is -0.128. The summed E-state index contributed by atoms with van der Waals surface area (Å²) in [6.45, 7) is 1.19. The largest absolute Gasteiger partial charge is 0.350 e. The van der Waals surface area contributed by atoms with Crippen molar-refractivity contribution >= 4 is 11.8 Å². The summed E-state index contributed by atoms with van der Waals surface area (Å²) in [4.78, 5) is 26.0. The van der Waals surface area contributed by atoms with Crippen molar-refractivity contribution < 1.29 is 9.59 Å². The van der Waals surface area contributed by atoms with Gasteiger partial charge in [-0.05, 0) is 23.6 Å². The summed E-state index contributed by atoms with van der Waals surface area (Å²) in [5.41, 5.74) is 2.82. The third kappa shape index (κ3) is 3.17. The van der Waals surface area contributed by atoms with Crippen LogP contribution in [0.3, 0.4) is 0 Å². The molecule has 1 aliphatic rings. The normalized spacial score (nSPS) is 13.6. The molecule has 0 spiro atoms. The average Bonchev–Trinajstić information content (AvgIpc) is 2.57. The molecule has 0 saturated carbocycles. The Balaban J connectivity index is 1.57. The molecule has 3 rings (SSSR count). The Morgan fingerprint density at radius 3 is 2.59 bits per heavy atom. The van der Waals surface area contributed by atoms with Crippen LogP contribution in [0.15, 0.2) is 54.6 Å². The maximum absolute atomic E-state index is 12.4. The fourth-order valence-electron chi connectivity index (χ4n) is 2.65. The Morgan fingerprint density at radius 2 is 1.77 bits per heavy atom. The Bertz CT molecular complexity index is 682. The molecule has 1 aliphatic heterocycles. The van der Waals surface area contributed by atoms with Crippen molar-refractivity contribution in [2.75, 3.05) is 13.1 Å². The highest BCUT2D eigenvalue weighted by atomic mass is 16.2. The fraction of sp³-hybridized carbons (Fsp3) is 0.222. The van der Waals surface area contributed by atoms with Gasteiger partial charge >= 0.3 is 0 Å². The molecule has 112 valence electrons. The summed E-state index contributed by atoms with van der Waals surface area (Å²) in [6.07, 6.45) is 0.799. The van der Waals surface area contributed by atoms with Gasteiger partial charge in [0.15, 0.2) is 0 Å². The molecule has 0 aliphatic carbocycles. The number of rotatable bonds is 4. The van der Waals surface area contributed by atoms with E-state index in [4.69, 9.17) is 0 Å². The maximum Gasteiger partial charge on any atom is 0.254 e. The van der Waals surface area contributed by atoms with Crippen molar-refractivity contribution in [1.82, 2.24) is 10.2 Å². The zero-order valence-corrected chi connectivity index (χ0v) is 12.3. The lowest BCUT2D eigenvalue weighted by Gasteiger charge is -2.28. The minimum Gasteiger partial charge on any atom is -0.350 e. The fourth-order valence-corrected chi connectivity index (χ4v) is 2.65. The van der Waals surface area contributed by atoms with Gasteiger partial charge in [-0.2, -0.15) is 0 Å². The molecule has 0 bridgehead atoms. The molecular weight excluding hydrogens is 276 g/mol. The number of carbonyl (C=O) groups excluding carboxylic acids is 2. The SMILES string of the molecule is O=C(CN1CCc2ccccc2C1=O)NCc1ccccc1. The van der Waals surface area contributed by atoms with Gasteiger partial charge in [-0.25, -0.2) is 0 Å². The van der Waals surface area contributed by atoms with Crippen molar-refractivity contribution in [3.63, 3.8) is 0 Å². The first-order chi connectivity index (χ1) is 10.7. The number of hydrogen-bond acceptors (Lipinski definition) is 2. The van der Waals surface area contributed by atoms with Crippen LogP contribution < -0.4 is 5.32 Å². The molecule has 2 aromatic rings. The second-order valence-corrected chi connectivity index (χ2v) is 5.40. The molecule has 0 saturated heterocycles. The molecule has 0 radical (unpaired) electrons. The molecule has 4 heteroatoms. The third-order valence-electron chi connectivity index (χ3n) is 3.85. The Kier molecular flexibility index (Phi) is 4.19. The van der Waals surface area contributed by atoms with Crippen molar-refractivity contribution in [2.45, 2.75) is 13.0 Å². The topological polar surface area (TPSA) is 49.4 Å². The zero-order chi connectivity index (χ0) is 15.4. The lowest BCUT2D eigenvalue weighted by Crippen LogP contribution is -2.44. The smallest absolute Gasteiger partial charge is 0.254 e. The standard InChI is InChI=1S/C18H18N2O2/c21-17(19-12-14-6-2-1-3-7-14)13-20-11-10-15-8-4-5-9-16(15)18(20)22/h1-9H,10-13H2,(H,19,21). The lowest BCUT2D eigenvalue weighted by atomic mass is 9.99. The van der Waals surface area contributed by atoms with Gasteiger partial charge < -0.3 is 10.2 Å². The number of benzene rings is 2. The predicted molar refractivity (Wildman–Crippen MR) is 84.3 cm³/mol. The number of amides is 2. The first-order valence-electron chi connectivity index (χ1n) is 7.42. The molecule has 1 N–H and O–H groups in total. The highest BCUT2D eigenvalue weighted by Gasteiger charge is 2.25. The number of fused-ring (bicyclic) bond motifs is 1. The molecule has 0 fully saturated rings. The first-order valence-corrected chi connectivity index (χ1v) is 7.42. The van der Waals surface area contributed by atoms with Crippen LogP contribution in [0.5, 0.6) is 0 Å². The van der Waals surface area contributed by atoms with E-state index in [0.29, 0.717) is 18.7 Å². The van der Waals surface area contributed by atoms with Gasteiger partial charge in [0.25, 0.3) is 5.91 Å².